The Morgan fingerprint density at radius 2 is 1.86 bits per heavy atom. The number of amides is 1. The van der Waals surface area contributed by atoms with E-state index in [0.29, 0.717) is 11.4 Å². The van der Waals surface area contributed by atoms with Crippen molar-refractivity contribution >= 4 is 52.0 Å². The fourth-order valence-electron chi connectivity index (χ4n) is 4.63. The molecule has 0 radical (unpaired) electrons. The maximum Gasteiger partial charge on any atom is 0.336 e. The molecule has 2 atom stereocenters. The lowest BCUT2D eigenvalue weighted by Crippen LogP contribution is -2.52. The Hall–Kier alpha value is -3.82. The molecule has 5 rings (SSSR count). The zero-order chi connectivity index (χ0) is 24.9. The highest BCUT2D eigenvalue weighted by Gasteiger charge is 2.45. The summed E-state index contributed by atoms with van der Waals surface area (Å²) in [7, 11) is 1.24. The fraction of sp³-hybridized carbons (Fsp3) is 0.167. The van der Waals surface area contributed by atoms with Gasteiger partial charge < -0.3 is 24.7 Å². The number of carbonyl (C=O) groups is 3. The average Bonchev–Trinajstić information content (AvgIpc) is 3.51. The SMILES string of the molecule is COC(=O)[C@@H]1Cc2c([nH]c3ccccc23)C(c2c[nH]cn2)N1C(=O)c1cc(Cl)c(Cl)cc1C(=O)O. The van der Waals surface area contributed by atoms with E-state index in [1.165, 1.54) is 24.4 Å². The van der Waals surface area contributed by atoms with Gasteiger partial charge in [0.25, 0.3) is 5.91 Å². The maximum atomic E-state index is 14.1. The summed E-state index contributed by atoms with van der Waals surface area (Å²) in [5.41, 5.74) is 2.26. The quantitative estimate of drug-likeness (QED) is 0.351. The number of para-hydroxylation sites is 1. The van der Waals surface area contributed by atoms with Gasteiger partial charge >= 0.3 is 11.9 Å². The number of aromatic amines is 2. The number of nitrogens with one attached hydrogen (secondary N) is 2. The van der Waals surface area contributed by atoms with E-state index in [1.54, 1.807) is 6.20 Å². The highest BCUT2D eigenvalue weighted by atomic mass is 35.5. The molecule has 3 N–H and O–H groups in total. The molecule has 0 saturated carbocycles. The molecule has 2 aromatic carbocycles. The number of hydrogen-bond donors (Lipinski definition) is 3. The van der Waals surface area contributed by atoms with Crippen LogP contribution in [0.4, 0.5) is 0 Å². The third kappa shape index (κ3) is 3.73. The summed E-state index contributed by atoms with van der Waals surface area (Å²) in [6.45, 7) is 0. The normalized spacial score (nSPS) is 17.3. The smallest absolute Gasteiger partial charge is 0.336 e. The van der Waals surface area contributed by atoms with Crippen molar-refractivity contribution in [1.29, 1.82) is 0 Å². The summed E-state index contributed by atoms with van der Waals surface area (Å²) >= 11 is 12.2. The van der Waals surface area contributed by atoms with Gasteiger partial charge in [-0.05, 0) is 23.8 Å². The van der Waals surface area contributed by atoms with Crippen LogP contribution in [-0.4, -0.2) is 56.0 Å². The van der Waals surface area contributed by atoms with Crippen molar-refractivity contribution in [2.24, 2.45) is 0 Å². The first kappa shape index (κ1) is 22.9. The van der Waals surface area contributed by atoms with Crippen molar-refractivity contribution < 1.29 is 24.2 Å². The molecule has 1 unspecified atom stereocenters. The summed E-state index contributed by atoms with van der Waals surface area (Å²) in [5.74, 6) is -2.73. The van der Waals surface area contributed by atoms with Gasteiger partial charge in [0.1, 0.15) is 12.1 Å². The molecule has 0 aliphatic carbocycles. The third-order valence-electron chi connectivity index (χ3n) is 6.16. The minimum Gasteiger partial charge on any atom is -0.478 e. The first-order valence-corrected chi connectivity index (χ1v) is 11.3. The number of aromatic carboxylic acids is 1. The zero-order valence-corrected chi connectivity index (χ0v) is 19.7. The summed E-state index contributed by atoms with van der Waals surface area (Å²) < 4.78 is 5.06. The number of aromatic nitrogens is 3. The summed E-state index contributed by atoms with van der Waals surface area (Å²) in [6, 6.07) is 8.02. The Balaban J connectivity index is 1.77. The van der Waals surface area contributed by atoms with Crippen molar-refractivity contribution in [3.63, 3.8) is 0 Å². The van der Waals surface area contributed by atoms with Crippen molar-refractivity contribution in [3.8, 4) is 0 Å². The molecular weight excluding hydrogens is 495 g/mol. The van der Waals surface area contributed by atoms with Gasteiger partial charge in [-0.1, -0.05) is 41.4 Å². The number of carboxylic acid groups (broad SMARTS) is 1. The number of methoxy groups -OCH3 is 1. The van der Waals surface area contributed by atoms with Crippen LogP contribution in [-0.2, 0) is 16.0 Å². The second-order valence-corrected chi connectivity index (χ2v) is 8.85. The van der Waals surface area contributed by atoms with E-state index in [2.05, 4.69) is 15.0 Å². The maximum absolute atomic E-state index is 14.1. The number of ether oxygens (including phenoxy) is 1. The van der Waals surface area contributed by atoms with E-state index in [9.17, 15) is 19.5 Å². The van der Waals surface area contributed by atoms with E-state index in [1.807, 2.05) is 24.3 Å². The van der Waals surface area contributed by atoms with Gasteiger partial charge in [-0.25, -0.2) is 14.6 Å². The molecule has 11 heteroatoms. The van der Waals surface area contributed by atoms with Gasteiger partial charge in [0.2, 0.25) is 0 Å². The molecular formula is C24H18Cl2N4O5. The number of rotatable bonds is 4. The number of halogens is 2. The lowest BCUT2D eigenvalue weighted by atomic mass is 9.89. The van der Waals surface area contributed by atoms with E-state index in [-0.39, 0.29) is 27.6 Å². The standard InChI is InChI=1S/C24H18Cl2N4O5/c1-35-24(34)19-8-12-11-4-2-3-5-17(11)29-20(12)21(18-9-27-10-28-18)30(19)22(31)13-6-15(25)16(26)7-14(13)23(32)33/h2-7,9-10,19,21,29H,8H2,1H3,(H,27,28)(H,32,33)/t19-,21?/m0/s1. The summed E-state index contributed by atoms with van der Waals surface area (Å²) in [4.78, 5) is 51.0. The number of carboxylic acids is 1. The Bertz CT molecular complexity index is 1480. The van der Waals surface area contributed by atoms with Gasteiger partial charge in [-0.15, -0.1) is 0 Å². The van der Waals surface area contributed by atoms with Crippen LogP contribution in [0, 0.1) is 0 Å². The number of H-pyrrole nitrogens is 2. The van der Waals surface area contributed by atoms with Crippen LogP contribution in [0.1, 0.15) is 43.7 Å². The minimum absolute atomic E-state index is 0.00858. The average molecular weight is 513 g/mol. The molecule has 0 bridgehead atoms. The molecule has 0 fully saturated rings. The molecule has 35 heavy (non-hydrogen) atoms. The second kappa shape index (κ2) is 8.75. The zero-order valence-electron chi connectivity index (χ0n) is 18.2. The fourth-order valence-corrected chi connectivity index (χ4v) is 4.96. The Morgan fingerprint density at radius 1 is 1.14 bits per heavy atom. The number of benzene rings is 2. The van der Waals surface area contributed by atoms with Gasteiger partial charge in [0, 0.05) is 29.2 Å². The molecule has 2 aromatic heterocycles. The minimum atomic E-state index is -1.36. The van der Waals surface area contributed by atoms with E-state index < -0.39 is 29.9 Å². The number of nitrogens with zero attached hydrogens (tertiary/aromatic N) is 2. The number of hydrogen-bond acceptors (Lipinski definition) is 5. The third-order valence-corrected chi connectivity index (χ3v) is 6.88. The van der Waals surface area contributed by atoms with Crippen LogP contribution in [0.5, 0.6) is 0 Å². The molecule has 1 amide bonds. The molecule has 0 saturated heterocycles. The Kier molecular flexibility index (Phi) is 5.74. The van der Waals surface area contributed by atoms with Gasteiger partial charge in [0.05, 0.1) is 40.3 Å². The lowest BCUT2D eigenvalue weighted by Gasteiger charge is -2.40. The van der Waals surface area contributed by atoms with Gasteiger partial charge in [-0.2, -0.15) is 0 Å². The van der Waals surface area contributed by atoms with Crippen molar-refractivity contribution in [3.05, 3.63) is 87.0 Å². The van der Waals surface area contributed by atoms with Crippen LogP contribution >= 0.6 is 23.2 Å². The second-order valence-electron chi connectivity index (χ2n) is 8.03. The van der Waals surface area contributed by atoms with Crippen LogP contribution in [0.2, 0.25) is 10.0 Å². The highest BCUT2D eigenvalue weighted by molar-refractivity contribution is 6.42. The van der Waals surface area contributed by atoms with Crippen LogP contribution in [0.15, 0.2) is 48.9 Å². The Morgan fingerprint density at radius 3 is 2.51 bits per heavy atom. The van der Waals surface area contributed by atoms with E-state index >= 15 is 0 Å². The monoisotopic (exact) mass is 512 g/mol. The van der Waals surface area contributed by atoms with Crippen LogP contribution in [0.3, 0.4) is 0 Å². The summed E-state index contributed by atoms with van der Waals surface area (Å²) in [5, 5.41) is 10.7. The molecule has 3 heterocycles. The molecule has 4 aromatic rings. The van der Waals surface area contributed by atoms with E-state index in [4.69, 9.17) is 27.9 Å². The number of esters is 1. The van der Waals surface area contributed by atoms with Crippen molar-refractivity contribution in [2.45, 2.75) is 18.5 Å². The molecule has 1 aliphatic rings. The number of carbonyl (C=O) groups excluding carboxylic acids is 2. The molecule has 178 valence electrons. The van der Waals surface area contributed by atoms with Crippen LogP contribution < -0.4 is 0 Å². The Labute approximate surface area is 208 Å². The molecule has 1 aliphatic heterocycles. The highest BCUT2D eigenvalue weighted by Crippen LogP contribution is 2.42. The first-order valence-electron chi connectivity index (χ1n) is 10.5. The van der Waals surface area contributed by atoms with E-state index in [0.717, 1.165) is 22.5 Å². The molecule has 0 spiro atoms. The first-order chi connectivity index (χ1) is 16.8. The van der Waals surface area contributed by atoms with Crippen molar-refractivity contribution in [2.75, 3.05) is 7.11 Å². The largest absolute Gasteiger partial charge is 0.478 e. The number of imidazole rings is 1. The van der Waals surface area contributed by atoms with Gasteiger partial charge in [0.15, 0.2) is 0 Å². The topological polar surface area (TPSA) is 128 Å². The predicted molar refractivity (Wildman–Crippen MR) is 128 cm³/mol. The number of fused-ring (bicyclic) bond motifs is 3. The molecule has 9 nitrogen and oxygen atoms in total. The summed E-state index contributed by atoms with van der Waals surface area (Å²) in [6.07, 6.45) is 3.24. The lowest BCUT2D eigenvalue weighted by molar-refractivity contribution is -0.147. The predicted octanol–water partition coefficient (Wildman–Crippen LogP) is 4.23. The van der Waals surface area contributed by atoms with Crippen molar-refractivity contribution in [1.82, 2.24) is 19.9 Å². The van der Waals surface area contributed by atoms with Gasteiger partial charge in [-0.3, -0.25) is 4.79 Å². The van der Waals surface area contributed by atoms with Crippen LogP contribution in [0.25, 0.3) is 10.9 Å².